The molecule has 0 aromatic heterocycles. The topological polar surface area (TPSA) is 21.3 Å². The zero-order chi connectivity index (χ0) is 11.0. The van der Waals surface area contributed by atoms with Gasteiger partial charge in [-0.2, -0.15) is 0 Å². The van der Waals surface area contributed by atoms with Gasteiger partial charge in [0.1, 0.15) is 5.75 Å². The first kappa shape index (κ1) is 10.2. The van der Waals surface area contributed by atoms with Gasteiger partial charge >= 0.3 is 0 Å². The fraction of sp³-hybridized carbons (Fsp3) is 0.571. The van der Waals surface area contributed by atoms with Crippen LogP contribution in [0.25, 0.3) is 0 Å². The highest BCUT2D eigenvalue weighted by atomic mass is 16.5. The highest BCUT2D eigenvalue weighted by Crippen LogP contribution is 2.38. The zero-order valence-corrected chi connectivity index (χ0v) is 9.78. The van der Waals surface area contributed by atoms with Gasteiger partial charge in [0.15, 0.2) is 0 Å². The molecule has 1 aliphatic heterocycles. The molecule has 3 unspecified atom stereocenters. The van der Waals surface area contributed by atoms with Crippen LogP contribution in [-0.4, -0.2) is 13.2 Å². The van der Waals surface area contributed by atoms with Crippen molar-refractivity contribution in [1.29, 1.82) is 0 Å². The van der Waals surface area contributed by atoms with Gasteiger partial charge < -0.3 is 10.1 Å². The third kappa shape index (κ3) is 1.94. The van der Waals surface area contributed by atoms with Crippen molar-refractivity contribution in [3.05, 3.63) is 29.8 Å². The van der Waals surface area contributed by atoms with E-state index in [9.17, 15) is 0 Å². The average molecular weight is 217 g/mol. The second kappa shape index (κ2) is 4.10. The van der Waals surface area contributed by atoms with Crippen molar-refractivity contribution < 1.29 is 4.74 Å². The lowest BCUT2D eigenvalue weighted by Crippen LogP contribution is -2.28. The van der Waals surface area contributed by atoms with Crippen LogP contribution in [0.3, 0.4) is 0 Å². The number of para-hydroxylation sites is 1. The van der Waals surface area contributed by atoms with Crippen LogP contribution in [0, 0.1) is 11.8 Å². The molecule has 1 aromatic carbocycles. The van der Waals surface area contributed by atoms with E-state index in [-0.39, 0.29) is 0 Å². The monoisotopic (exact) mass is 217 g/mol. The summed E-state index contributed by atoms with van der Waals surface area (Å²) in [4.78, 5) is 0. The zero-order valence-electron chi connectivity index (χ0n) is 9.78. The number of ether oxygens (including phenoxy) is 1. The molecule has 0 amide bonds. The highest BCUT2D eigenvalue weighted by molar-refractivity contribution is 5.37. The highest BCUT2D eigenvalue weighted by Gasteiger charge is 2.33. The molecule has 1 saturated carbocycles. The molecule has 0 saturated heterocycles. The summed E-state index contributed by atoms with van der Waals surface area (Å²) in [7, 11) is 0. The standard InChI is InChI=1S/C14H19NO/c1-10-8-11(10)9-15-13-6-7-16-14-5-3-2-4-12(13)14/h2-5,10-11,13,15H,6-9H2,1H3. The molecule has 3 atom stereocenters. The van der Waals surface area contributed by atoms with Crippen molar-refractivity contribution in [2.75, 3.05) is 13.2 Å². The van der Waals surface area contributed by atoms with E-state index in [4.69, 9.17) is 4.74 Å². The van der Waals surface area contributed by atoms with Crippen molar-refractivity contribution in [3.63, 3.8) is 0 Å². The van der Waals surface area contributed by atoms with E-state index in [2.05, 4.69) is 30.4 Å². The van der Waals surface area contributed by atoms with E-state index >= 15 is 0 Å². The van der Waals surface area contributed by atoms with E-state index in [0.29, 0.717) is 6.04 Å². The maximum atomic E-state index is 5.66. The smallest absolute Gasteiger partial charge is 0.124 e. The molecular weight excluding hydrogens is 198 g/mol. The van der Waals surface area contributed by atoms with Crippen LogP contribution in [-0.2, 0) is 0 Å². The van der Waals surface area contributed by atoms with Crippen molar-refractivity contribution in [2.24, 2.45) is 11.8 Å². The molecule has 1 heterocycles. The van der Waals surface area contributed by atoms with Gasteiger partial charge in [0.05, 0.1) is 6.61 Å². The minimum absolute atomic E-state index is 0.498. The summed E-state index contributed by atoms with van der Waals surface area (Å²) in [6, 6.07) is 8.90. The Balaban J connectivity index is 1.67. The minimum atomic E-state index is 0.498. The van der Waals surface area contributed by atoms with Crippen molar-refractivity contribution in [3.8, 4) is 5.75 Å². The SMILES string of the molecule is CC1CC1CNC1CCOc2ccccc21. The van der Waals surface area contributed by atoms with Gasteiger partial charge in [-0.15, -0.1) is 0 Å². The number of fused-ring (bicyclic) bond motifs is 1. The molecule has 0 radical (unpaired) electrons. The summed E-state index contributed by atoms with van der Waals surface area (Å²) in [5.74, 6) is 2.91. The third-order valence-corrected chi connectivity index (χ3v) is 3.86. The maximum absolute atomic E-state index is 5.66. The first-order chi connectivity index (χ1) is 7.84. The first-order valence-electron chi connectivity index (χ1n) is 6.29. The fourth-order valence-electron chi connectivity index (χ4n) is 2.53. The van der Waals surface area contributed by atoms with Gasteiger partial charge in [0.2, 0.25) is 0 Å². The molecule has 2 aliphatic rings. The quantitative estimate of drug-likeness (QED) is 0.840. The second-order valence-electron chi connectivity index (χ2n) is 5.11. The van der Waals surface area contributed by atoms with Crippen molar-refractivity contribution >= 4 is 0 Å². The van der Waals surface area contributed by atoms with Crippen molar-refractivity contribution in [2.45, 2.75) is 25.8 Å². The summed E-state index contributed by atoms with van der Waals surface area (Å²) in [6.45, 7) is 4.35. The predicted octanol–water partition coefficient (Wildman–Crippen LogP) is 2.76. The van der Waals surface area contributed by atoms with Crippen LogP contribution in [0.15, 0.2) is 24.3 Å². The average Bonchev–Trinajstić information content (AvgIpc) is 3.03. The Kier molecular flexibility index (Phi) is 2.60. The molecule has 2 nitrogen and oxygen atoms in total. The van der Waals surface area contributed by atoms with Crippen LogP contribution < -0.4 is 10.1 Å². The van der Waals surface area contributed by atoms with Gasteiger partial charge in [-0.1, -0.05) is 25.1 Å². The fourth-order valence-corrected chi connectivity index (χ4v) is 2.53. The minimum Gasteiger partial charge on any atom is -0.493 e. The summed E-state index contributed by atoms with van der Waals surface area (Å²) in [5, 5.41) is 3.69. The predicted molar refractivity (Wildman–Crippen MR) is 64.6 cm³/mol. The van der Waals surface area contributed by atoms with E-state index in [1.54, 1.807) is 0 Å². The third-order valence-electron chi connectivity index (χ3n) is 3.86. The lowest BCUT2D eigenvalue weighted by molar-refractivity contribution is 0.251. The Labute approximate surface area is 97.0 Å². The molecule has 2 heteroatoms. The molecule has 16 heavy (non-hydrogen) atoms. The molecule has 3 rings (SSSR count). The molecule has 86 valence electrons. The second-order valence-corrected chi connectivity index (χ2v) is 5.11. The van der Waals surface area contributed by atoms with Crippen LogP contribution >= 0.6 is 0 Å². The van der Waals surface area contributed by atoms with Gasteiger partial charge in [-0.25, -0.2) is 0 Å². The Morgan fingerprint density at radius 2 is 2.19 bits per heavy atom. The van der Waals surface area contributed by atoms with Gasteiger partial charge in [-0.3, -0.25) is 0 Å². The number of nitrogens with one attached hydrogen (secondary N) is 1. The first-order valence-corrected chi connectivity index (χ1v) is 6.29. The summed E-state index contributed by atoms with van der Waals surface area (Å²) < 4.78 is 5.66. The largest absolute Gasteiger partial charge is 0.493 e. The molecule has 1 aliphatic carbocycles. The summed E-state index contributed by atoms with van der Waals surface area (Å²) in [5.41, 5.74) is 1.34. The van der Waals surface area contributed by atoms with Gasteiger partial charge in [-0.05, 0) is 30.9 Å². The van der Waals surface area contributed by atoms with Crippen LogP contribution in [0.4, 0.5) is 0 Å². The number of hydrogen-bond acceptors (Lipinski definition) is 2. The normalized spacial score (nSPS) is 31.7. The lowest BCUT2D eigenvalue weighted by Gasteiger charge is -2.26. The maximum Gasteiger partial charge on any atom is 0.124 e. The number of hydrogen-bond donors (Lipinski definition) is 1. The Morgan fingerprint density at radius 3 is 3.00 bits per heavy atom. The van der Waals surface area contributed by atoms with Crippen LogP contribution in [0.2, 0.25) is 0 Å². The summed E-state index contributed by atoms with van der Waals surface area (Å²) in [6.07, 6.45) is 2.50. The Hall–Kier alpha value is -1.02. The molecule has 0 spiro atoms. The summed E-state index contributed by atoms with van der Waals surface area (Å²) >= 11 is 0. The molecule has 1 N–H and O–H groups in total. The molecular formula is C14H19NO. The number of rotatable bonds is 3. The van der Waals surface area contributed by atoms with E-state index in [1.165, 1.54) is 18.5 Å². The molecule has 1 aromatic rings. The number of benzene rings is 1. The Morgan fingerprint density at radius 1 is 1.38 bits per heavy atom. The lowest BCUT2D eigenvalue weighted by atomic mass is 10.0. The van der Waals surface area contributed by atoms with E-state index < -0.39 is 0 Å². The van der Waals surface area contributed by atoms with Crippen molar-refractivity contribution in [1.82, 2.24) is 5.32 Å². The van der Waals surface area contributed by atoms with E-state index in [0.717, 1.165) is 30.6 Å². The van der Waals surface area contributed by atoms with Gasteiger partial charge in [0, 0.05) is 18.0 Å². The van der Waals surface area contributed by atoms with Crippen LogP contribution in [0.5, 0.6) is 5.75 Å². The van der Waals surface area contributed by atoms with Gasteiger partial charge in [0.25, 0.3) is 0 Å². The van der Waals surface area contributed by atoms with Crippen LogP contribution in [0.1, 0.15) is 31.4 Å². The van der Waals surface area contributed by atoms with E-state index in [1.807, 2.05) is 6.07 Å². The Bertz CT molecular complexity index is 377. The molecule has 1 fully saturated rings. The molecule has 0 bridgehead atoms.